The molecule has 0 bridgehead atoms. The maximum Gasteiger partial charge on any atom is -0.0414 e. The molecule has 0 aliphatic carbocycles. The molecule has 0 saturated carbocycles. The predicted molar refractivity (Wildman–Crippen MR) is 478 cm³/mol. The van der Waals surface area contributed by atoms with Gasteiger partial charge in [0, 0.05) is 0 Å². The predicted octanol–water partition coefficient (Wildman–Crippen LogP) is 40.3. The van der Waals surface area contributed by atoms with Gasteiger partial charge in [-0.1, -0.05) is 656 Å². The first-order valence-corrected chi connectivity index (χ1v) is 51.3. The molecule has 0 aromatic heterocycles. The molecule has 103 heavy (non-hydrogen) atoms. The van der Waals surface area contributed by atoms with Crippen LogP contribution in [0, 0.1) is 5.92 Å². The maximum atomic E-state index is 2.32. The van der Waals surface area contributed by atoms with Crippen LogP contribution in [0.2, 0.25) is 0 Å². The molecule has 1 unspecified atom stereocenters. The topological polar surface area (TPSA) is 0 Å². The summed E-state index contributed by atoms with van der Waals surface area (Å²) in [5, 5.41) is 0. The second kappa shape index (κ2) is 100. The minimum atomic E-state index is 1.02. The fourth-order valence-corrected chi connectivity index (χ4v) is 17.9. The Labute approximate surface area is 658 Å². The molecule has 0 saturated heterocycles. The molecule has 0 heteroatoms. The molecule has 0 radical (unpaired) electrons. The minimum Gasteiger partial charge on any atom is -0.0654 e. The van der Waals surface area contributed by atoms with Gasteiger partial charge in [0.2, 0.25) is 0 Å². The van der Waals surface area contributed by atoms with Crippen molar-refractivity contribution in [1.82, 2.24) is 0 Å². The van der Waals surface area contributed by atoms with Gasteiger partial charge in [-0.2, -0.15) is 0 Å². The summed E-state index contributed by atoms with van der Waals surface area (Å²) in [5.41, 5.74) is 0. The smallest absolute Gasteiger partial charge is 0.0414 e. The highest BCUT2D eigenvalue weighted by atomic mass is 14.2. The van der Waals surface area contributed by atoms with Gasteiger partial charge in [-0.3, -0.25) is 0 Å². The molecular formula is C103H208. The first-order chi connectivity index (χ1) is 51.3. The van der Waals surface area contributed by atoms with Gasteiger partial charge in [-0.25, -0.2) is 0 Å². The molecule has 0 N–H and O–H groups in total. The quantitative estimate of drug-likeness (QED) is 0.0533. The van der Waals surface area contributed by atoms with E-state index in [4.69, 9.17) is 0 Å². The molecular weight excluding hydrogens is 1240 g/mol. The van der Waals surface area contributed by atoms with E-state index in [-0.39, 0.29) is 0 Å². The van der Waals surface area contributed by atoms with E-state index in [1.165, 1.54) is 616 Å². The van der Waals surface area contributed by atoms with Crippen molar-refractivity contribution in [3.8, 4) is 0 Å². The third kappa shape index (κ3) is 98.0. The average molecular weight is 1450 g/mol. The van der Waals surface area contributed by atoms with E-state index in [1.807, 2.05) is 0 Å². The van der Waals surface area contributed by atoms with Crippen LogP contribution in [-0.2, 0) is 0 Å². The molecule has 0 fully saturated rings. The fourth-order valence-electron chi connectivity index (χ4n) is 17.9. The molecule has 0 amide bonds. The Kier molecular flexibility index (Phi) is 100. The summed E-state index contributed by atoms with van der Waals surface area (Å²) in [6.45, 7) is 6.97. The number of hydrogen-bond acceptors (Lipinski definition) is 0. The van der Waals surface area contributed by atoms with E-state index in [1.54, 1.807) is 19.3 Å². The van der Waals surface area contributed by atoms with Gasteiger partial charge in [0.15, 0.2) is 0 Å². The summed E-state index contributed by atoms with van der Waals surface area (Å²) in [6.07, 6.45) is 148. The summed E-state index contributed by atoms with van der Waals surface area (Å²) in [6, 6.07) is 0. The average Bonchev–Trinajstić information content (AvgIpc) is 3.81. The van der Waals surface area contributed by atoms with Gasteiger partial charge in [0.25, 0.3) is 0 Å². The summed E-state index contributed by atoms with van der Waals surface area (Å²) < 4.78 is 0. The third-order valence-electron chi connectivity index (χ3n) is 25.4. The monoisotopic (exact) mass is 1450 g/mol. The molecule has 620 valence electrons. The van der Waals surface area contributed by atoms with Crippen LogP contribution >= 0.6 is 0 Å². The van der Waals surface area contributed by atoms with E-state index in [0.29, 0.717) is 0 Å². The molecule has 0 aliphatic rings. The van der Waals surface area contributed by atoms with Crippen LogP contribution in [0.25, 0.3) is 0 Å². The van der Waals surface area contributed by atoms with Crippen LogP contribution in [0.4, 0.5) is 0 Å². The highest BCUT2D eigenvalue weighted by molar-refractivity contribution is 4.64. The number of rotatable bonds is 99. The van der Waals surface area contributed by atoms with Gasteiger partial charge >= 0.3 is 0 Å². The Hall–Kier alpha value is 0. The maximum absolute atomic E-state index is 2.32. The van der Waals surface area contributed by atoms with Gasteiger partial charge in [0.1, 0.15) is 0 Å². The Morgan fingerprint density at radius 3 is 0.204 bits per heavy atom. The van der Waals surface area contributed by atoms with Crippen molar-refractivity contribution in [2.24, 2.45) is 5.92 Å². The van der Waals surface area contributed by atoms with Crippen molar-refractivity contribution >= 4 is 0 Å². The van der Waals surface area contributed by atoms with Crippen LogP contribution in [0.5, 0.6) is 0 Å². The van der Waals surface area contributed by atoms with Gasteiger partial charge in [-0.15, -0.1) is 0 Å². The molecule has 0 nitrogen and oxygen atoms in total. The van der Waals surface area contributed by atoms with Crippen LogP contribution in [0.3, 0.4) is 0 Å². The van der Waals surface area contributed by atoms with Crippen molar-refractivity contribution in [2.45, 2.75) is 656 Å². The molecule has 0 aromatic carbocycles. The van der Waals surface area contributed by atoms with Gasteiger partial charge in [-0.05, 0) is 5.92 Å². The molecule has 0 spiro atoms. The van der Waals surface area contributed by atoms with Crippen molar-refractivity contribution in [2.75, 3.05) is 0 Å². The SMILES string of the molecule is CCCCCCCCCCCCCCCCCCCCCCCCCCCCCCCCCCCCCCC(CCCCCCCCCCCCCCCCCCCCCCCCCCCCC)CCCCCCCCCCCCCCCCCCCCCCCCCCCCCCCCCCC. The summed E-state index contributed by atoms with van der Waals surface area (Å²) in [4.78, 5) is 0. The normalized spacial score (nSPS) is 12.1. The van der Waals surface area contributed by atoms with Crippen LogP contribution in [0.1, 0.15) is 656 Å². The molecule has 0 heterocycles. The van der Waals surface area contributed by atoms with E-state index < -0.39 is 0 Å². The Morgan fingerprint density at radius 2 is 0.136 bits per heavy atom. The third-order valence-corrected chi connectivity index (χ3v) is 25.4. The fraction of sp³-hybridized carbons (Fsp3) is 1.00. The zero-order valence-corrected chi connectivity index (χ0v) is 73.6. The first-order valence-electron chi connectivity index (χ1n) is 51.3. The van der Waals surface area contributed by atoms with Crippen LogP contribution < -0.4 is 0 Å². The zero-order valence-electron chi connectivity index (χ0n) is 73.6. The second-order valence-corrected chi connectivity index (χ2v) is 36.1. The van der Waals surface area contributed by atoms with Gasteiger partial charge in [0.05, 0.1) is 0 Å². The highest BCUT2D eigenvalue weighted by Gasteiger charge is 2.10. The van der Waals surface area contributed by atoms with Crippen molar-refractivity contribution in [1.29, 1.82) is 0 Å². The van der Waals surface area contributed by atoms with E-state index in [9.17, 15) is 0 Å². The lowest BCUT2D eigenvalue weighted by atomic mass is 9.89. The van der Waals surface area contributed by atoms with E-state index in [0.717, 1.165) is 5.92 Å². The zero-order chi connectivity index (χ0) is 73.6. The van der Waals surface area contributed by atoms with Crippen LogP contribution in [-0.4, -0.2) is 0 Å². The Balaban J connectivity index is 3.99. The Bertz CT molecular complexity index is 1360. The number of unbranched alkanes of at least 4 members (excludes halogenated alkanes) is 93. The van der Waals surface area contributed by atoms with E-state index >= 15 is 0 Å². The van der Waals surface area contributed by atoms with Crippen molar-refractivity contribution < 1.29 is 0 Å². The van der Waals surface area contributed by atoms with Crippen molar-refractivity contribution in [3.05, 3.63) is 0 Å². The first kappa shape index (κ1) is 103. The minimum absolute atomic E-state index is 1.02. The molecule has 0 aliphatic heterocycles. The molecule has 0 aromatic rings. The lowest BCUT2D eigenvalue weighted by molar-refractivity contribution is 0.365. The largest absolute Gasteiger partial charge is 0.0654 e. The lowest BCUT2D eigenvalue weighted by Crippen LogP contribution is -2.01. The van der Waals surface area contributed by atoms with Gasteiger partial charge < -0.3 is 0 Å². The van der Waals surface area contributed by atoms with Crippen LogP contribution in [0.15, 0.2) is 0 Å². The highest BCUT2D eigenvalue weighted by Crippen LogP contribution is 2.27. The summed E-state index contributed by atoms with van der Waals surface area (Å²) in [5.74, 6) is 1.02. The Morgan fingerprint density at radius 1 is 0.0777 bits per heavy atom. The summed E-state index contributed by atoms with van der Waals surface area (Å²) >= 11 is 0. The second-order valence-electron chi connectivity index (χ2n) is 36.1. The molecule has 1 atom stereocenters. The van der Waals surface area contributed by atoms with E-state index in [2.05, 4.69) is 20.8 Å². The van der Waals surface area contributed by atoms with Crippen molar-refractivity contribution in [3.63, 3.8) is 0 Å². The number of hydrogen-bond donors (Lipinski definition) is 0. The lowest BCUT2D eigenvalue weighted by Gasteiger charge is -2.17. The molecule has 0 rings (SSSR count). The summed E-state index contributed by atoms with van der Waals surface area (Å²) in [7, 11) is 0. The standard InChI is InChI=1S/C103H208/c1-4-7-10-13-16-19-22-25-28-31-34-37-40-43-46-48-50-52-53-54-56-58-60-63-66-69-72-75-78-81-84-87-90-93-96-99-102-103(100-97-94-91-88-85-82-79-76-73-70-67-64-61-45-42-39-36-33-30-27-24-21-18-15-12-9-6-3)101-98-95-92-89-86-83-80-77-74-71-68-65-62-59-57-55-51-49-47-44-41-38-35-32-29-26-23-20-17-14-11-8-5-2/h103H,4-102H2,1-3H3.